The molecule has 28 heavy (non-hydrogen) atoms. The van der Waals surface area contributed by atoms with Gasteiger partial charge in [-0.15, -0.1) is 0 Å². The maximum absolute atomic E-state index is 12.5. The minimum atomic E-state index is -0.142. The van der Waals surface area contributed by atoms with Crippen molar-refractivity contribution in [2.45, 2.75) is 13.8 Å². The van der Waals surface area contributed by atoms with Crippen molar-refractivity contribution in [1.29, 1.82) is 0 Å². The Hall–Kier alpha value is -3.73. The molecule has 0 atom stereocenters. The smallest absolute Gasteiger partial charge is 0.256 e. The molecule has 0 unspecified atom stereocenters. The summed E-state index contributed by atoms with van der Waals surface area (Å²) >= 11 is 0. The zero-order valence-electron chi connectivity index (χ0n) is 15.6. The average molecular weight is 369 g/mol. The first-order chi connectivity index (χ1) is 13.6. The third kappa shape index (κ3) is 3.55. The van der Waals surface area contributed by atoms with Crippen molar-refractivity contribution in [3.63, 3.8) is 0 Å². The summed E-state index contributed by atoms with van der Waals surface area (Å²) in [5, 5.41) is 2.94. The van der Waals surface area contributed by atoms with E-state index in [1.807, 2.05) is 37.3 Å². The Kier molecular flexibility index (Phi) is 4.72. The number of rotatable bonds is 4. The lowest BCUT2D eigenvalue weighted by Gasteiger charge is -2.11. The van der Waals surface area contributed by atoms with E-state index in [4.69, 9.17) is 4.42 Å². The normalized spacial score (nSPS) is 10.6. The fourth-order valence-corrected chi connectivity index (χ4v) is 3.11. The quantitative estimate of drug-likeness (QED) is 0.532. The SMILES string of the molecule is Cc1cnccc1C(=O)Nc1ccc(-c2cc(-c3cocn3)ccc2C)cc1. The van der Waals surface area contributed by atoms with Crippen LogP contribution in [0.4, 0.5) is 5.69 Å². The van der Waals surface area contributed by atoms with Gasteiger partial charge in [-0.2, -0.15) is 0 Å². The van der Waals surface area contributed by atoms with Gasteiger partial charge in [0.1, 0.15) is 12.0 Å². The fraction of sp³-hybridized carbons (Fsp3) is 0.0870. The molecule has 1 N–H and O–H groups in total. The second-order valence-electron chi connectivity index (χ2n) is 6.63. The van der Waals surface area contributed by atoms with E-state index in [1.165, 1.54) is 6.39 Å². The molecule has 0 saturated carbocycles. The number of carbonyl (C=O) groups is 1. The van der Waals surface area contributed by atoms with Crippen molar-refractivity contribution < 1.29 is 9.21 Å². The number of aryl methyl sites for hydroxylation is 2. The fourth-order valence-electron chi connectivity index (χ4n) is 3.11. The molecule has 2 heterocycles. The van der Waals surface area contributed by atoms with Crippen LogP contribution in [0.25, 0.3) is 22.4 Å². The van der Waals surface area contributed by atoms with Gasteiger partial charge in [0, 0.05) is 29.2 Å². The minimum absolute atomic E-state index is 0.142. The number of hydrogen-bond acceptors (Lipinski definition) is 4. The maximum Gasteiger partial charge on any atom is 0.256 e. The van der Waals surface area contributed by atoms with Crippen LogP contribution < -0.4 is 5.32 Å². The summed E-state index contributed by atoms with van der Waals surface area (Å²) in [5.74, 6) is -0.142. The van der Waals surface area contributed by atoms with Gasteiger partial charge < -0.3 is 9.73 Å². The Morgan fingerprint density at radius 1 is 0.964 bits per heavy atom. The average Bonchev–Trinajstić information content (AvgIpc) is 3.24. The zero-order chi connectivity index (χ0) is 19.5. The highest BCUT2D eigenvalue weighted by Crippen LogP contribution is 2.29. The van der Waals surface area contributed by atoms with E-state index in [1.54, 1.807) is 24.7 Å². The van der Waals surface area contributed by atoms with Gasteiger partial charge in [-0.05, 0) is 60.4 Å². The Morgan fingerprint density at radius 2 is 1.75 bits per heavy atom. The van der Waals surface area contributed by atoms with Crippen LogP contribution in [0.5, 0.6) is 0 Å². The third-order valence-corrected chi connectivity index (χ3v) is 4.68. The third-order valence-electron chi connectivity index (χ3n) is 4.68. The molecule has 5 nitrogen and oxygen atoms in total. The number of amides is 1. The van der Waals surface area contributed by atoms with E-state index in [0.717, 1.165) is 39.2 Å². The summed E-state index contributed by atoms with van der Waals surface area (Å²) < 4.78 is 5.09. The molecule has 0 fully saturated rings. The molecular weight excluding hydrogens is 350 g/mol. The van der Waals surface area contributed by atoms with Gasteiger partial charge in [-0.3, -0.25) is 9.78 Å². The van der Waals surface area contributed by atoms with Crippen molar-refractivity contribution in [2.24, 2.45) is 0 Å². The Labute approximate surface area is 163 Å². The van der Waals surface area contributed by atoms with E-state index in [-0.39, 0.29) is 5.91 Å². The van der Waals surface area contributed by atoms with Crippen LogP contribution in [0.15, 0.2) is 78.0 Å². The van der Waals surface area contributed by atoms with Gasteiger partial charge in [0.15, 0.2) is 6.39 Å². The number of hydrogen-bond donors (Lipinski definition) is 1. The second kappa shape index (κ2) is 7.48. The Morgan fingerprint density at radius 3 is 2.46 bits per heavy atom. The number of aromatic nitrogens is 2. The van der Waals surface area contributed by atoms with E-state index < -0.39 is 0 Å². The number of pyridine rings is 1. The topological polar surface area (TPSA) is 68.0 Å². The molecule has 4 rings (SSSR count). The van der Waals surface area contributed by atoms with Gasteiger partial charge in [0.25, 0.3) is 5.91 Å². The summed E-state index contributed by atoms with van der Waals surface area (Å²) in [6, 6.07) is 15.7. The van der Waals surface area contributed by atoms with Crippen LogP contribution in [0.2, 0.25) is 0 Å². The van der Waals surface area contributed by atoms with Crippen LogP contribution in [0.1, 0.15) is 21.5 Å². The highest BCUT2D eigenvalue weighted by Gasteiger charge is 2.10. The molecule has 4 aromatic rings. The molecule has 0 spiro atoms. The van der Waals surface area contributed by atoms with Crippen LogP contribution in [-0.2, 0) is 0 Å². The monoisotopic (exact) mass is 369 g/mol. The summed E-state index contributed by atoms with van der Waals surface area (Å²) in [6.45, 7) is 3.94. The van der Waals surface area contributed by atoms with E-state index in [2.05, 4.69) is 34.3 Å². The lowest BCUT2D eigenvalue weighted by molar-refractivity contribution is 0.102. The number of nitrogens with one attached hydrogen (secondary N) is 1. The van der Waals surface area contributed by atoms with Gasteiger partial charge in [-0.25, -0.2) is 4.98 Å². The first-order valence-corrected chi connectivity index (χ1v) is 8.93. The highest BCUT2D eigenvalue weighted by atomic mass is 16.3. The van der Waals surface area contributed by atoms with Crippen molar-refractivity contribution >= 4 is 11.6 Å². The molecular formula is C23H19N3O2. The second-order valence-corrected chi connectivity index (χ2v) is 6.63. The molecule has 0 aliphatic rings. The molecule has 1 amide bonds. The molecule has 2 aromatic heterocycles. The van der Waals surface area contributed by atoms with Crippen molar-refractivity contribution in [1.82, 2.24) is 9.97 Å². The first-order valence-electron chi connectivity index (χ1n) is 8.93. The standard InChI is InChI=1S/C23H19N3O2/c1-15-3-4-18(22-13-28-14-25-22)11-21(15)17-5-7-19(8-6-17)26-23(27)20-9-10-24-12-16(20)2/h3-14H,1-2H3,(H,26,27). The molecule has 0 aliphatic heterocycles. The maximum atomic E-state index is 12.5. The molecule has 0 bridgehead atoms. The number of anilines is 1. The number of nitrogens with zero attached hydrogens (tertiary/aromatic N) is 2. The van der Waals surface area contributed by atoms with Gasteiger partial charge in [0.2, 0.25) is 0 Å². The summed E-state index contributed by atoms with van der Waals surface area (Å²) in [4.78, 5) is 20.7. The van der Waals surface area contributed by atoms with Crippen molar-refractivity contribution in [3.8, 4) is 22.4 Å². The van der Waals surface area contributed by atoms with Gasteiger partial charge >= 0.3 is 0 Å². The largest absolute Gasteiger partial charge is 0.451 e. The molecule has 138 valence electrons. The highest BCUT2D eigenvalue weighted by molar-refractivity contribution is 6.05. The number of benzene rings is 2. The molecule has 0 aliphatic carbocycles. The Balaban J connectivity index is 1.58. The lowest BCUT2D eigenvalue weighted by atomic mass is 9.97. The van der Waals surface area contributed by atoms with Crippen molar-refractivity contribution in [3.05, 3.63) is 90.3 Å². The summed E-state index contributed by atoms with van der Waals surface area (Å²) in [5.41, 5.74) is 7.36. The minimum Gasteiger partial charge on any atom is -0.451 e. The van der Waals surface area contributed by atoms with Crippen LogP contribution in [0, 0.1) is 13.8 Å². The molecule has 0 radical (unpaired) electrons. The zero-order valence-corrected chi connectivity index (χ0v) is 15.6. The van der Waals surface area contributed by atoms with Crippen LogP contribution >= 0.6 is 0 Å². The van der Waals surface area contributed by atoms with Crippen LogP contribution in [0.3, 0.4) is 0 Å². The number of oxazole rings is 1. The van der Waals surface area contributed by atoms with E-state index in [0.29, 0.717) is 5.56 Å². The van der Waals surface area contributed by atoms with Gasteiger partial charge in [0.05, 0.1) is 0 Å². The molecule has 5 heteroatoms. The summed E-state index contributed by atoms with van der Waals surface area (Å²) in [7, 11) is 0. The predicted octanol–water partition coefficient (Wildman–Crippen LogP) is 5.27. The number of carbonyl (C=O) groups excluding carboxylic acids is 1. The van der Waals surface area contributed by atoms with Crippen molar-refractivity contribution in [2.75, 3.05) is 5.32 Å². The van der Waals surface area contributed by atoms with E-state index >= 15 is 0 Å². The van der Waals surface area contributed by atoms with Gasteiger partial charge in [-0.1, -0.05) is 24.3 Å². The van der Waals surface area contributed by atoms with E-state index in [9.17, 15) is 4.79 Å². The Bertz CT molecular complexity index is 1120. The van der Waals surface area contributed by atoms with Crippen LogP contribution in [-0.4, -0.2) is 15.9 Å². The molecule has 2 aromatic carbocycles. The molecule has 0 saturated heterocycles. The summed E-state index contributed by atoms with van der Waals surface area (Å²) in [6.07, 6.45) is 6.36. The predicted molar refractivity (Wildman–Crippen MR) is 109 cm³/mol. The lowest BCUT2D eigenvalue weighted by Crippen LogP contribution is -2.13. The first kappa shape index (κ1) is 17.7.